The Bertz CT molecular complexity index is 671. The van der Waals surface area contributed by atoms with Gasteiger partial charge in [-0.25, -0.2) is 9.59 Å². The highest BCUT2D eigenvalue weighted by molar-refractivity contribution is 6.42. The fraction of sp³-hybridized carbons (Fsp3) is 0.529. The van der Waals surface area contributed by atoms with Gasteiger partial charge in [0.2, 0.25) is 6.08 Å². The Hall–Kier alpha value is -1.39. The summed E-state index contributed by atoms with van der Waals surface area (Å²) >= 11 is 12.1. The molecule has 0 aliphatic carbocycles. The molecule has 2 rings (SSSR count). The maximum absolute atomic E-state index is 12.0. The molecule has 0 N–H and O–H groups in total. The number of rotatable bonds is 3. The second-order valence-electron chi connectivity index (χ2n) is 6.92. The lowest BCUT2D eigenvalue weighted by Crippen LogP contribution is -2.44. The molecule has 1 aromatic carbocycles. The largest absolute Gasteiger partial charge is 0.367 e. The van der Waals surface area contributed by atoms with Crippen molar-refractivity contribution in [3.63, 3.8) is 0 Å². The van der Waals surface area contributed by atoms with Crippen LogP contribution < -0.4 is 0 Å². The van der Waals surface area contributed by atoms with E-state index in [4.69, 9.17) is 28.0 Å². The van der Waals surface area contributed by atoms with Crippen LogP contribution in [0.5, 0.6) is 0 Å². The number of hydrogen-bond acceptors (Lipinski definition) is 5. The first kappa shape index (κ1) is 18.9. The van der Waals surface area contributed by atoms with Gasteiger partial charge in [-0.2, -0.15) is 4.99 Å². The molecule has 0 amide bonds. The Morgan fingerprint density at radius 1 is 1.25 bits per heavy atom. The Morgan fingerprint density at radius 3 is 2.38 bits per heavy atom. The van der Waals surface area contributed by atoms with E-state index < -0.39 is 11.0 Å². The summed E-state index contributed by atoms with van der Waals surface area (Å²) in [6.45, 7) is 6.34. The van der Waals surface area contributed by atoms with Gasteiger partial charge in [0.25, 0.3) is 0 Å². The monoisotopic (exact) mass is 370 g/mol. The van der Waals surface area contributed by atoms with Crippen LogP contribution in [-0.2, 0) is 20.0 Å². The van der Waals surface area contributed by atoms with Crippen molar-refractivity contribution >= 4 is 35.3 Å². The number of hydroxylamine groups is 2. The zero-order valence-corrected chi connectivity index (χ0v) is 15.4. The molecule has 1 heterocycles. The van der Waals surface area contributed by atoms with Gasteiger partial charge < -0.3 is 4.84 Å². The van der Waals surface area contributed by atoms with Crippen molar-refractivity contribution in [2.75, 3.05) is 13.1 Å². The van der Waals surface area contributed by atoms with Crippen molar-refractivity contribution in [2.45, 2.75) is 39.2 Å². The van der Waals surface area contributed by atoms with Crippen LogP contribution in [0.4, 0.5) is 0 Å². The zero-order valence-electron chi connectivity index (χ0n) is 13.9. The molecule has 0 bridgehead atoms. The van der Waals surface area contributed by atoms with E-state index >= 15 is 0 Å². The highest BCUT2D eigenvalue weighted by atomic mass is 35.5. The Labute approximate surface area is 151 Å². The van der Waals surface area contributed by atoms with Crippen LogP contribution in [0.2, 0.25) is 10.0 Å². The summed E-state index contributed by atoms with van der Waals surface area (Å²) in [5.74, 6) is -0.288. The van der Waals surface area contributed by atoms with Gasteiger partial charge in [-0.1, -0.05) is 29.3 Å². The predicted octanol–water partition coefficient (Wildman–Crippen LogP) is 4.12. The number of benzene rings is 1. The fourth-order valence-electron chi connectivity index (χ4n) is 2.54. The van der Waals surface area contributed by atoms with E-state index in [0.29, 0.717) is 36.0 Å². The van der Waals surface area contributed by atoms with Crippen LogP contribution in [-0.4, -0.2) is 30.2 Å². The molecule has 0 aromatic heterocycles. The van der Waals surface area contributed by atoms with E-state index in [9.17, 15) is 9.59 Å². The van der Waals surface area contributed by atoms with Gasteiger partial charge in [0.15, 0.2) is 0 Å². The van der Waals surface area contributed by atoms with Gasteiger partial charge in [0, 0.05) is 13.1 Å². The lowest BCUT2D eigenvalue weighted by molar-refractivity contribution is -0.206. The van der Waals surface area contributed by atoms with Gasteiger partial charge in [-0.3, -0.25) is 0 Å². The summed E-state index contributed by atoms with van der Waals surface area (Å²) < 4.78 is 0. The Kier molecular flexibility index (Phi) is 5.71. The molecule has 1 aromatic rings. The normalized spacial score (nSPS) is 17.9. The Morgan fingerprint density at radius 2 is 1.88 bits per heavy atom. The second-order valence-corrected chi connectivity index (χ2v) is 7.74. The summed E-state index contributed by atoms with van der Waals surface area (Å²) in [4.78, 5) is 32.4. The molecule has 130 valence electrons. The summed E-state index contributed by atoms with van der Waals surface area (Å²) in [6, 6.07) is 5.22. The SMILES string of the molecule is CC(C)(C)C(=O)ON1CCC(N=C=O)(c2ccc(Cl)c(Cl)c2)CC1. The third kappa shape index (κ3) is 4.17. The second kappa shape index (κ2) is 7.24. The molecule has 24 heavy (non-hydrogen) atoms. The average Bonchev–Trinajstić information content (AvgIpc) is 2.51. The summed E-state index contributed by atoms with van der Waals surface area (Å²) in [5.41, 5.74) is -0.484. The van der Waals surface area contributed by atoms with Gasteiger partial charge in [0.05, 0.1) is 15.5 Å². The quantitative estimate of drug-likeness (QED) is 0.592. The lowest BCUT2D eigenvalue weighted by atomic mass is 9.82. The third-order valence-electron chi connectivity index (χ3n) is 4.09. The zero-order chi connectivity index (χ0) is 18.0. The maximum atomic E-state index is 12.0. The van der Waals surface area contributed by atoms with E-state index in [2.05, 4.69) is 4.99 Å². The van der Waals surface area contributed by atoms with Gasteiger partial charge in [-0.15, -0.1) is 5.06 Å². The smallest absolute Gasteiger partial charge is 0.330 e. The van der Waals surface area contributed by atoms with Gasteiger partial charge in [-0.05, 0) is 51.3 Å². The molecular weight excluding hydrogens is 351 g/mol. The number of nitrogens with zero attached hydrogens (tertiary/aromatic N) is 2. The fourth-order valence-corrected chi connectivity index (χ4v) is 2.84. The van der Waals surface area contributed by atoms with Crippen molar-refractivity contribution in [1.29, 1.82) is 0 Å². The van der Waals surface area contributed by atoms with Gasteiger partial charge >= 0.3 is 5.97 Å². The number of piperidine rings is 1. The van der Waals surface area contributed by atoms with E-state index in [1.54, 1.807) is 44.0 Å². The average molecular weight is 371 g/mol. The van der Waals surface area contributed by atoms with E-state index in [0.717, 1.165) is 5.56 Å². The number of hydrogen-bond donors (Lipinski definition) is 0. The molecule has 0 spiro atoms. The molecule has 1 fully saturated rings. The predicted molar refractivity (Wildman–Crippen MR) is 92.6 cm³/mol. The molecule has 1 aliphatic heterocycles. The van der Waals surface area contributed by atoms with Crippen molar-refractivity contribution < 1.29 is 14.4 Å². The molecule has 5 nitrogen and oxygen atoms in total. The van der Waals surface area contributed by atoms with Crippen molar-refractivity contribution in [3.05, 3.63) is 33.8 Å². The van der Waals surface area contributed by atoms with Crippen LogP contribution >= 0.6 is 23.2 Å². The number of isocyanates is 1. The topological polar surface area (TPSA) is 59.0 Å². The maximum Gasteiger partial charge on any atom is 0.330 e. The van der Waals surface area contributed by atoms with Crippen LogP contribution in [0.25, 0.3) is 0 Å². The van der Waals surface area contributed by atoms with Crippen LogP contribution in [0.15, 0.2) is 23.2 Å². The van der Waals surface area contributed by atoms with Gasteiger partial charge in [0.1, 0.15) is 5.54 Å². The van der Waals surface area contributed by atoms with Crippen molar-refractivity contribution in [1.82, 2.24) is 5.06 Å². The van der Waals surface area contributed by atoms with E-state index in [1.165, 1.54) is 0 Å². The molecule has 1 saturated heterocycles. The molecule has 0 radical (unpaired) electrons. The Balaban J connectivity index is 2.16. The minimum atomic E-state index is -0.722. The van der Waals surface area contributed by atoms with Crippen molar-refractivity contribution in [2.24, 2.45) is 10.4 Å². The molecule has 0 atom stereocenters. The highest BCUT2D eigenvalue weighted by Gasteiger charge is 2.38. The standard InChI is InChI=1S/C17H20Cl2N2O3/c1-16(2,3)15(23)24-21-8-6-17(7-9-21,20-11-22)12-4-5-13(18)14(19)10-12/h4-5,10H,6-9H2,1-3H3. The first-order valence-corrected chi connectivity index (χ1v) is 8.45. The highest BCUT2D eigenvalue weighted by Crippen LogP contribution is 2.39. The molecule has 0 saturated carbocycles. The summed E-state index contributed by atoms with van der Waals surface area (Å²) in [5, 5.41) is 2.47. The number of aliphatic imine (C=N–C) groups is 1. The number of carbonyl (C=O) groups excluding carboxylic acids is 2. The summed E-state index contributed by atoms with van der Waals surface area (Å²) in [6.07, 6.45) is 2.69. The van der Waals surface area contributed by atoms with E-state index in [1.807, 2.05) is 6.07 Å². The number of halogens is 2. The van der Waals surface area contributed by atoms with Crippen molar-refractivity contribution in [3.8, 4) is 0 Å². The molecule has 1 aliphatic rings. The molecular formula is C17H20Cl2N2O3. The van der Waals surface area contributed by atoms with Crippen LogP contribution in [0, 0.1) is 5.41 Å². The van der Waals surface area contributed by atoms with E-state index in [-0.39, 0.29) is 5.97 Å². The summed E-state index contributed by atoms with van der Waals surface area (Å²) in [7, 11) is 0. The minimum Gasteiger partial charge on any atom is -0.367 e. The van der Waals surface area contributed by atoms with Crippen LogP contribution in [0.1, 0.15) is 39.2 Å². The minimum absolute atomic E-state index is 0.288. The van der Waals surface area contributed by atoms with Crippen LogP contribution in [0.3, 0.4) is 0 Å². The first-order chi connectivity index (χ1) is 11.2. The lowest BCUT2D eigenvalue weighted by Gasteiger charge is -2.38. The number of carbonyl (C=O) groups is 1. The first-order valence-electron chi connectivity index (χ1n) is 7.70. The molecule has 0 unspecified atom stereocenters. The third-order valence-corrected chi connectivity index (χ3v) is 4.83. The molecule has 7 heteroatoms.